The third-order valence-electron chi connectivity index (χ3n) is 1.24. The fourth-order valence-corrected chi connectivity index (χ4v) is 1.54. The van der Waals surface area contributed by atoms with Crippen LogP contribution in [0, 0.1) is 0 Å². The van der Waals surface area contributed by atoms with Gasteiger partial charge in [-0.3, -0.25) is 0 Å². The Kier molecular flexibility index (Phi) is 19.6. The maximum absolute atomic E-state index is 10.1. The SMILES string of the molecule is CCOC(N)=O.C[Se]CCC(N)C(=O)O.[LiH]. The summed E-state index contributed by atoms with van der Waals surface area (Å²) < 4.78 is 4.18. The van der Waals surface area contributed by atoms with Crippen molar-refractivity contribution >= 4 is 45.9 Å². The van der Waals surface area contributed by atoms with Gasteiger partial charge in [-0.25, -0.2) is 4.79 Å². The Morgan fingerprint density at radius 1 is 1.50 bits per heavy atom. The van der Waals surface area contributed by atoms with Crippen molar-refractivity contribution in [2.24, 2.45) is 11.5 Å². The van der Waals surface area contributed by atoms with Crippen LogP contribution in [0.25, 0.3) is 0 Å². The van der Waals surface area contributed by atoms with Crippen LogP contribution in [0.5, 0.6) is 0 Å². The summed E-state index contributed by atoms with van der Waals surface area (Å²) >= 11 is 0.549. The third kappa shape index (κ3) is 19.4. The van der Waals surface area contributed by atoms with E-state index in [-0.39, 0.29) is 18.9 Å². The molecule has 0 aromatic carbocycles. The Labute approximate surface area is 114 Å². The summed E-state index contributed by atoms with van der Waals surface area (Å²) in [6.45, 7) is 2.06. The number of carbonyl (C=O) groups excluding carboxylic acids is 1. The van der Waals surface area contributed by atoms with Crippen LogP contribution in [0.2, 0.25) is 11.1 Å². The van der Waals surface area contributed by atoms with Crippen LogP contribution < -0.4 is 11.5 Å². The van der Waals surface area contributed by atoms with E-state index in [1.54, 1.807) is 6.92 Å². The number of amides is 1. The second-order valence-corrected chi connectivity index (χ2v) is 4.55. The Bertz CT molecular complexity index is 195. The van der Waals surface area contributed by atoms with E-state index in [4.69, 9.17) is 10.8 Å². The zero-order valence-corrected chi connectivity index (χ0v) is 10.6. The van der Waals surface area contributed by atoms with Gasteiger partial charge in [-0.2, -0.15) is 0 Å². The van der Waals surface area contributed by atoms with Crippen molar-refractivity contribution in [3.8, 4) is 0 Å². The molecule has 0 saturated heterocycles. The number of nitrogens with two attached hydrogens (primary N) is 2. The average molecular weight is 293 g/mol. The number of hydrogen-bond acceptors (Lipinski definition) is 4. The molecule has 0 saturated carbocycles. The Hall–Kier alpha value is -0.183. The van der Waals surface area contributed by atoms with E-state index in [2.05, 4.69) is 16.3 Å². The summed E-state index contributed by atoms with van der Waals surface area (Å²) in [5.41, 5.74) is 9.75. The molecule has 0 radical (unpaired) electrons. The number of aliphatic carboxylic acids is 1. The molecule has 5 N–H and O–H groups in total. The molecule has 0 aliphatic heterocycles. The van der Waals surface area contributed by atoms with Gasteiger partial charge in [-0.05, 0) is 6.92 Å². The molecule has 0 spiro atoms. The van der Waals surface area contributed by atoms with Gasteiger partial charge in [-0.1, -0.05) is 0 Å². The topological polar surface area (TPSA) is 116 Å². The molecular weight excluding hydrogens is 274 g/mol. The van der Waals surface area contributed by atoms with Crippen molar-refractivity contribution < 1.29 is 19.4 Å². The molecule has 0 aromatic rings. The van der Waals surface area contributed by atoms with Crippen LogP contribution in [-0.4, -0.2) is 63.6 Å². The van der Waals surface area contributed by atoms with Crippen LogP contribution in [0.4, 0.5) is 4.79 Å². The average Bonchev–Trinajstić information content (AvgIpc) is 2.14. The molecule has 0 heterocycles. The van der Waals surface area contributed by atoms with Gasteiger partial charge in [0.05, 0.1) is 6.61 Å². The fraction of sp³-hybridized carbons (Fsp3) is 0.750. The third-order valence-corrected chi connectivity index (χ3v) is 2.59. The molecule has 6 nitrogen and oxygen atoms in total. The van der Waals surface area contributed by atoms with Gasteiger partial charge >= 0.3 is 85.1 Å². The summed E-state index contributed by atoms with van der Waals surface area (Å²) in [6, 6.07) is -0.646. The van der Waals surface area contributed by atoms with Crippen LogP contribution in [0.1, 0.15) is 13.3 Å². The van der Waals surface area contributed by atoms with E-state index in [0.717, 1.165) is 5.32 Å². The van der Waals surface area contributed by atoms with Crippen molar-refractivity contribution in [1.29, 1.82) is 0 Å². The van der Waals surface area contributed by atoms with Gasteiger partial charge in [-0.15, -0.1) is 0 Å². The summed E-state index contributed by atoms with van der Waals surface area (Å²) in [4.78, 5) is 19.7. The van der Waals surface area contributed by atoms with Crippen molar-refractivity contribution in [2.45, 2.75) is 30.5 Å². The normalized spacial score (nSPS) is 10.2. The Morgan fingerprint density at radius 3 is 2.19 bits per heavy atom. The molecule has 0 aliphatic carbocycles. The monoisotopic (exact) mass is 294 g/mol. The summed E-state index contributed by atoms with van der Waals surface area (Å²) in [7, 11) is 0. The van der Waals surface area contributed by atoms with Crippen LogP contribution in [-0.2, 0) is 9.53 Å². The molecule has 16 heavy (non-hydrogen) atoms. The molecule has 1 atom stereocenters. The van der Waals surface area contributed by atoms with Gasteiger partial charge in [0.25, 0.3) is 0 Å². The molecule has 0 aromatic heterocycles. The van der Waals surface area contributed by atoms with Crippen molar-refractivity contribution in [2.75, 3.05) is 6.61 Å². The van der Waals surface area contributed by atoms with Crippen molar-refractivity contribution in [1.82, 2.24) is 0 Å². The predicted molar refractivity (Wildman–Crippen MR) is 65.0 cm³/mol. The van der Waals surface area contributed by atoms with E-state index in [9.17, 15) is 9.59 Å². The first-order valence-corrected chi connectivity index (χ1v) is 7.27. The zero-order valence-electron chi connectivity index (χ0n) is 8.93. The first-order valence-electron chi connectivity index (χ1n) is 4.35. The number of carbonyl (C=O) groups is 2. The second kappa shape index (κ2) is 14.8. The van der Waals surface area contributed by atoms with E-state index in [0.29, 0.717) is 28.0 Å². The number of rotatable bonds is 5. The molecule has 1 amide bonds. The second-order valence-electron chi connectivity index (χ2n) is 2.48. The Balaban J connectivity index is -0.000000214. The van der Waals surface area contributed by atoms with Crippen LogP contribution >= 0.6 is 0 Å². The predicted octanol–water partition coefficient (Wildman–Crippen LogP) is -0.588. The first-order chi connectivity index (χ1) is 6.95. The van der Waals surface area contributed by atoms with Crippen LogP contribution in [0.3, 0.4) is 0 Å². The van der Waals surface area contributed by atoms with E-state index in [1.165, 1.54) is 0 Å². The minimum atomic E-state index is -0.890. The number of hydrogen-bond donors (Lipinski definition) is 3. The van der Waals surface area contributed by atoms with Crippen LogP contribution in [0.15, 0.2) is 0 Å². The number of ether oxygens (including phenoxy) is 1. The van der Waals surface area contributed by atoms with Gasteiger partial charge in [0.1, 0.15) is 0 Å². The standard InChI is InChI=1S/C5H11NO2Se.C3H7NO2.Li.H/c1-9-3-2-4(6)5(7)8;1-2-6-3(4)5;;/h4H,2-3,6H2,1H3,(H,7,8);2H2,1H3,(H2,4,5);;. The summed E-state index contributed by atoms with van der Waals surface area (Å²) in [5.74, 6) is 1.18. The zero-order chi connectivity index (χ0) is 12.3. The van der Waals surface area contributed by atoms with E-state index < -0.39 is 18.1 Å². The maximum atomic E-state index is 10.1. The molecule has 0 bridgehead atoms. The molecule has 0 fully saturated rings. The van der Waals surface area contributed by atoms with Crippen molar-refractivity contribution in [3.63, 3.8) is 0 Å². The minimum absolute atomic E-state index is 0. The molecule has 0 rings (SSSR count). The fourth-order valence-electron chi connectivity index (χ4n) is 0.511. The number of carboxylic acids is 1. The molecule has 8 heteroatoms. The molecule has 92 valence electrons. The molecule has 0 aliphatic rings. The van der Waals surface area contributed by atoms with Crippen molar-refractivity contribution in [3.05, 3.63) is 0 Å². The number of primary amides is 1. The van der Waals surface area contributed by atoms with Gasteiger partial charge in [0, 0.05) is 0 Å². The molecule has 1 unspecified atom stereocenters. The number of carboxylic acid groups (broad SMARTS) is 1. The van der Waals surface area contributed by atoms with E-state index in [1.807, 2.05) is 0 Å². The summed E-state index contributed by atoms with van der Waals surface area (Å²) in [5, 5.41) is 9.25. The first kappa shape index (κ1) is 21.1. The molecular formula is C8H19LiN2O4Se. The Morgan fingerprint density at radius 2 is 2.00 bits per heavy atom. The van der Waals surface area contributed by atoms with Gasteiger partial charge < -0.3 is 10.5 Å². The van der Waals surface area contributed by atoms with Gasteiger partial charge in [0.15, 0.2) is 0 Å². The quantitative estimate of drug-likeness (QED) is 0.586. The summed E-state index contributed by atoms with van der Waals surface area (Å²) in [6.07, 6.45) is -0.0938. The van der Waals surface area contributed by atoms with E-state index >= 15 is 0 Å². The van der Waals surface area contributed by atoms with Gasteiger partial charge in [0.2, 0.25) is 0 Å².